The highest BCUT2D eigenvalue weighted by Gasteiger charge is 2.34. The molecule has 2 amide bonds. The molecule has 0 saturated carbocycles. The second-order valence-corrected chi connectivity index (χ2v) is 11.6. The second kappa shape index (κ2) is 11.6. The molecular formula is C31H28F5N5O4. The molecule has 0 aliphatic heterocycles. The molecule has 14 heteroatoms. The van der Waals surface area contributed by atoms with Crippen LogP contribution < -0.4 is 10.6 Å². The molecule has 0 saturated heterocycles. The van der Waals surface area contributed by atoms with Crippen LogP contribution in [-0.4, -0.2) is 38.0 Å². The van der Waals surface area contributed by atoms with Crippen molar-refractivity contribution >= 4 is 23.4 Å². The Bertz CT molecular complexity index is 1840. The van der Waals surface area contributed by atoms with E-state index in [9.17, 15) is 36.3 Å². The van der Waals surface area contributed by atoms with Crippen molar-refractivity contribution in [2.45, 2.75) is 64.9 Å². The highest BCUT2D eigenvalue weighted by molar-refractivity contribution is 5.98. The number of amides is 2. The summed E-state index contributed by atoms with van der Waals surface area (Å²) in [6.07, 6.45) is -3.04. The Morgan fingerprint density at radius 1 is 1.02 bits per heavy atom. The summed E-state index contributed by atoms with van der Waals surface area (Å²) in [7, 11) is 0. The number of nitrogens with one attached hydrogen (secondary N) is 2. The van der Waals surface area contributed by atoms with Crippen molar-refractivity contribution < 1.29 is 41.1 Å². The molecule has 0 bridgehead atoms. The third kappa shape index (κ3) is 6.49. The zero-order valence-electron chi connectivity index (χ0n) is 24.6. The van der Waals surface area contributed by atoms with Gasteiger partial charge in [0.1, 0.15) is 22.8 Å². The molecule has 4 aromatic rings. The van der Waals surface area contributed by atoms with Crippen molar-refractivity contribution in [2.24, 2.45) is 0 Å². The normalized spacial score (nSPS) is 14.7. The zero-order valence-corrected chi connectivity index (χ0v) is 24.6. The van der Waals surface area contributed by atoms with Crippen LogP contribution in [0.3, 0.4) is 0 Å². The fraction of sp³-hybridized carbons (Fsp3) is 0.323. The Morgan fingerprint density at radius 2 is 1.76 bits per heavy atom. The second-order valence-electron chi connectivity index (χ2n) is 11.6. The molecule has 2 heterocycles. The van der Waals surface area contributed by atoms with Gasteiger partial charge in [-0.25, -0.2) is 23.1 Å². The molecule has 45 heavy (non-hydrogen) atoms. The van der Waals surface area contributed by atoms with E-state index in [1.165, 1.54) is 0 Å². The first kappa shape index (κ1) is 31.5. The summed E-state index contributed by atoms with van der Waals surface area (Å²) in [6, 6.07) is 6.28. The maximum Gasteiger partial charge on any atom is 0.419 e. The number of benzene rings is 2. The van der Waals surface area contributed by atoms with E-state index in [2.05, 4.69) is 20.7 Å². The summed E-state index contributed by atoms with van der Waals surface area (Å²) in [6.45, 7) is 6.70. The number of hydrogen-bond acceptors (Lipinski definition) is 6. The molecule has 0 unspecified atom stereocenters. The van der Waals surface area contributed by atoms with Gasteiger partial charge in [-0.15, -0.1) is 0 Å². The fourth-order valence-electron chi connectivity index (χ4n) is 5.20. The number of alkyl halides is 3. The summed E-state index contributed by atoms with van der Waals surface area (Å²) in [5.74, 6) is -4.44. The maximum atomic E-state index is 14.5. The summed E-state index contributed by atoms with van der Waals surface area (Å²) in [4.78, 5) is 43.1. The van der Waals surface area contributed by atoms with Crippen molar-refractivity contribution in [2.75, 3.05) is 0 Å². The van der Waals surface area contributed by atoms with Gasteiger partial charge in [0.05, 0.1) is 23.4 Å². The number of rotatable bonds is 6. The third-order valence-corrected chi connectivity index (χ3v) is 7.30. The van der Waals surface area contributed by atoms with Crippen LogP contribution in [0.4, 0.5) is 22.0 Å². The predicted molar refractivity (Wildman–Crippen MR) is 150 cm³/mol. The van der Waals surface area contributed by atoms with Gasteiger partial charge in [0.15, 0.2) is 11.5 Å². The molecule has 0 spiro atoms. The van der Waals surface area contributed by atoms with Gasteiger partial charge in [-0.05, 0) is 81.0 Å². The van der Waals surface area contributed by atoms with Gasteiger partial charge in [-0.2, -0.15) is 18.3 Å². The minimum atomic E-state index is -4.93. The predicted octanol–water partition coefficient (Wildman–Crippen LogP) is 5.64. The van der Waals surface area contributed by atoms with Crippen molar-refractivity contribution in [1.82, 2.24) is 25.2 Å². The van der Waals surface area contributed by atoms with Gasteiger partial charge in [0, 0.05) is 12.6 Å². The minimum absolute atomic E-state index is 0.0447. The summed E-state index contributed by atoms with van der Waals surface area (Å²) in [5, 5.41) is 9.10. The van der Waals surface area contributed by atoms with Crippen LogP contribution in [0.2, 0.25) is 0 Å². The number of ether oxygens (including phenoxy) is 1. The van der Waals surface area contributed by atoms with Crippen LogP contribution in [0.25, 0.3) is 5.65 Å². The maximum absolute atomic E-state index is 14.5. The Labute approximate surface area is 253 Å². The van der Waals surface area contributed by atoms with E-state index in [0.717, 1.165) is 39.5 Å². The molecule has 5 rings (SSSR count). The van der Waals surface area contributed by atoms with E-state index >= 15 is 0 Å². The van der Waals surface area contributed by atoms with Crippen molar-refractivity contribution in [3.05, 3.63) is 99.0 Å². The number of nitrogens with zero attached hydrogens (tertiary/aromatic N) is 3. The van der Waals surface area contributed by atoms with Crippen molar-refractivity contribution in [1.29, 1.82) is 0 Å². The molecule has 9 nitrogen and oxygen atoms in total. The van der Waals surface area contributed by atoms with Gasteiger partial charge in [-0.1, -0.05) is 12.1 Å². The number of hydrogen-bond donors (Lipinski definition) is 2. The van der Waals surface area contributed by atoms with E-state index in [4.69, 9.17) is 4.74 Å². The van der Waals surface area contributed by atoms with E-state index in [1.54, 1.807) is 32.9 Å². The highest BCUT2D eigenvalue weighted by Crippen LogP contribution is 2.35. The van der Waals surface area contributed by atoms with Crippen LogP contribution >= 0.6 is 0 Å². The monoisotopic (exact) mass is 629 g/mol. The van der Waals surface area contributed by atoms with Crippen LogP contribution in [0.15, 0.2) is 42.6 Å². The quantitative estimate of drug-likeness (QED) is 0.211. The first-order valence-corrected chi connectivity index (χ1v) is 13.9. The van der Waals surface area contributed by atoms with Gasteiger partial charge < -0.3 is 15.4 Å². The number of esters is 1. The summed E-state index contributed by atoms with van der Waals surface area (Å²) < 4.78 is 73.9. The largest absolute Gasteiger partial charge is 0.456 e. The lowest BCUT2D eigenvalue weighted by Crippen LogP contribution is -2.31. The Hall–Kier alpha value is -4.88. The third-order valence-electron chi connectivity index (χ3n) is 7.30. The van der Waals surface area contributed by atoms with E-state index in [-0.39, 0.29) is 11.3 Å². The topological polar surface area (TPSA) is 115 Å². The Kier molecular flexibility index (Phi) is 8.10. The molecule has 0 fully saturated rings. The van der Waals surface area contributed by atoms with Crippen LogP contribution in [0.5, 0.6) is 0 Å². The van der Waals surface area contributed by atoms with Crippen LogP contribution in [0.1, 0.15) is 92.4 Å². The minimum Gasteiger partial charge on any atom is -0.456 e. The lowest BCUT2D eigenvalue weighted by atomic mass is 9.97. The van der Waals surface area contributed by atoms with Gasteiger partial charge >= 0.3 is 12.1 Å². The average molecular weight is 630 g/mol. The highest BCUT2D eigenvalue weighted by atomic mass is 19.4. The van der Waals surface area contributed by atoms with E-state index in [0.29, 0.717) is 30.5 Å². The smallest absolute Gasteiger partial charge is 0.419 e. The number of aromatic nitrogens is 3. The Morgan fingerprint density at radius 3 is 2.44 bits per heavy atom. The fourth-order valence-corrected chi connectivity index (χ4v) is 5.20. The summed E-state index contributed by atoms with van der Waals surface area (Å²) >= 11 is 0. The molecule has 1 aliphatic carbocycles. The van der Waals surface area contributed by atoms with Gasteiger partial charge in [0.25, 0.3) is 11.8 Å². The number of halogens is 5. The molecule has 2 N–H and O–H groups in total. The molecule has 1 aliphatic rings. The molecule has 2 aromatic carbocycles. The lowest BCUT2D eigenvalue weighted by molar-refractivity contribution is -0.140. The van der Waals surface area contributed by atoms with Crippen molar-refractivity contribution in [3.8, 4) is 0 Å². The number of carbonyl (C=O) groups excluding carboxylic acids is 3. The SMILES string of the molecule is Cc1c(C(=O)OC(C)(C)C)ccc2c1CC[C@@H]2NC(=O)c1cc(C(=O)NCc2ccc(F)c(C(F)(F)F)c2)nc2c(F)cnn12. The molecular weight excluding hydrogens is 601 g/mol. The first-order chi connectivity index (χ1) is 21.0. The van der Waals surface area contributed by atoms with Gasteiger partial charge in [0.2, 0.25) is 0 Å². The molecule has 0 radical (unpaired) electrons. The summed E-state index contributed by atoms with van der Waals surface area (Å²) in [5.41, 5.74) is -0.391. The standard InChI is InChI=1S/C31H28F5N5O4/c1-15-17-8-10-23(19(17)7-6-18(15)29(44)45-30(2,3)4)40-28(43)25-12-24(39-26-22(33)14-38-41(25)26)27(42)37-13-16-5-9-21(32)20(11-16)31(34,35)36/h5-7,9,11-12,14,23H,8,10,13H2,1-4H3,(H,37,42)(H,40,43)/t23-/m0/s1. The molecule has 1 atom stereocenters. The van der Waals surface area contributed by atoms with E-state index in [1.807, 2.05) is 6.92 Å². The first-order valence-electron chi connectivity index (χ1n) is 13.9. The number of carbonyl (C=O) groups is 3. The zero-order chi connectivity index (χ0) is 32.8. The average Bonchev–Trinajstić information content (AvgIpc) is 3.54. The molecule has 236 valence electrons. The number of fused-ring (bicyclic) bond motifs is 2. The van der Waals surface area contributed by atoms with Crippen molar-refractivity contribution in [3.63, 3.8) is 0 Å². The van der Waals surface area contributed by atoms with Crippen LogP contribution in [-0.2, 0) is 23.9 Å². The van der Waals surface area contributed by atoms with Crippen LogP contribution in [0, 0.1) is 18.6 Å². The van der Waals surface area contributed by atoms with E-state index < -0.39 is 70.7 Å². The molecule has 2 aromatic heterocycles. The van der Waals surface area contributed by atoms with Gasteiger partial charge in [-0.3, -0.25) is 9.59 Å². The Balaban J connectivity index is 1.37. The lowest BCUT2D eigenvalue weighted by Gasteiger charge is -2.21.